The molecule has 4 saturated carbocycles. The third-order valence-corrected chi connectivity index (χ3v) is 8.39. The van der Waals surface area contributed by atoms with Gasteiger partial charge in [-0.05, 0) is 89.0 Å². The SMILES string of the molecule is CC(C)(C)c1cccc2c1-c1ccccc1C21C2CC3CC(C2)CC1C3. The molecule has 0 saturated heterocycles. The van der Waals surface area contributed by atoms with Gasteiger partial charge in [0.15, 0.2) is 0 Å². The minimum Gasteiger partial charge on any atom is -0.0619 e. The van der Waals surface area contributed by atoms with Crippen molar-refractivity contribution in [2.75, 3.05) is 0 Å². The first-order valence-electron chi connectivity index (χ1n) is 10.7. The maximum Gasteiger partial charge on any atom is 0.0272 e. The van der Waals surface area contributed by atoms with Crippen molar-refractivity contribution < 1.29 is 0 Å². The highest BCUT2D eigenvalue weighted by atomic mass is 14.6. The summed E-state index contributed by atoms with van der Waals surface area (Å²) < 4.78 is 0. The highest BCUT2D eigenvalue weighted by Crippen LogP contribution is 2.69. The second kappa shape index (κ2) is 4.83. The van der Waals surface area contributed by atoms with E-state index in [1.807, 2.05) is 0 Å². The van der Waals surface area contributed by atoms with Crippen molar-refractivity contribution in [1.82, 2.24) is 0 Å². The number of hydrogen-bond acceptors (Lipinski definition) is 0. The monoisotopic (exact) mass is 342 g/mol. The molecule has 7 rings (SSSR count). The quantitative estimate of drug-likeness (QED) is 0.499. The zero-order valence-corrected chi connectivity index (χ0v) is 16.4. The van der Waals surface area contributed by atoms with Crippen molar-refractivity contribution in [3.8, 4) is 11.1 Å². The van der Waals surface area contributed by atoms with Crippen molar-refractivity contribution in [2.24, 2.45) is 23.7 Å². The molecule has 0 aromatic heterocycles. The summed E-state index contributed by atoms with van der Waals surface area (Å²) in [5.41, 5.74) is 8.59. The molecule has 0 N–H and O–H groups in total. The van der Waals surface area contributed by atoms with Crippen LogP contribution in [0.1, 0.15) is 69.6 Å². The Hall–Kier alpha value is -1.56. The second-order valence-corrected chi connectivity index (χ2v) is 10.7. The van der Waals surface area contributed by atoms with Gasteiger partial charge < -0.3 is 0 Å². The molecule has 1 spiro atoms. The van der Waals surface area contributed by atoms with Crippen LogP contribution >= 0.6 is 0 Å². The average Bonchev–Trinajstić information content (AvgIpc) is 2.90. The Morgan fingerprint density at radius 2 is 1.35 bits per heavy atom. The van der Waals surface area contributed by atoms with Gasteiger partial charge in [0.1, 0.15) is 0 Å². The van der Waals surface area contributed by atoms with E-state index >= 15 is 0 Å². The van der Waals surface area contributed by atoms with Crippen molar-refractivity contribution in [2.45, 2.75) is 63.7 Å². The van der Waals surface area contributed by atoms with E-state index < -0.39 is 0 Å². The Labute approximate surface area is 158 Å². The molecule has 0 aliphatic heterocycles. The van der Waals surface area contributed by atoms with Crippen LogP contribution in [0.3, 0.4) is 0 Å². The van der Waals surface area contributed by atoms with Crippen LogP contribution < -0.4 is 0 Å². The first-order chi connectivity index (χ1) is 12.5. The van der Waals surface area contributed by atoms with E-state index in [9.17, 15) is 0 Å². The van der Waals surface area contributed by atoms with E-state index in [-0.39, 0.29) is 5.41 Å². The van der Waals surface area contributed by atoms with E-state index in [1.165, 1.54) is 32.1 Å². The third-order valence-electron chi connectivity index (χ3n) is 8.39. The van der Waals surface area contributed by atoms with Crippen molar-refractivity contribution >= 4 is 0 Å². The molecule has 2 aromatic rings. The lowest BCUT2D eigenvalue weighted by atomic mass is 9.43. The molecule has 4 bridgehead atoms. The summed E-state index contributed by atoms with van der Waals surface area (Å²) >= 11 is 0. The van der Waals surface area contributed by atoms with Crippen LogP contribution in [-0.2, 0) is 10.8 Å². The summed E-state index contributed by atoms with van der Waals surface area (Å²) in [4.78, 5) is 0. The molecular formula is C26H30. The van der Waals surface area contributed by atoms with Crippen LogP contribution in [0.25, 0.3) is 11.1 Å². The summed E-state index contributed by atoms with van der Waals surface area (Å²) in [6.45, 7) is 7.15. The van der Waals surface area contributed by atoms with Gasteiger partial charge in [-0.3, -0.25) is 0 Å². The molecule has 4 fully saturated rings. The van der Waals surface area contributed by atoms with Crippen LogP contribution in [-0.4, -0.2) is 0 Å². The van der Waals surface area contributed by atoms with Crippen molar-refractivity contribution in [3.05, 3.63) is 59.2 Å². The molecular weight excluding hydrogens is 312 g/mol. The summed E-state index contributed by atoms with van der Waals surface area (Å²) in [7, 11) is 0. The molecule has 26 heavy (non-hydrogen) atoms. The number of fused-ring (bicyclic) bond motifs is 3. The summed E-state index contributed by atoms with van der Waals surface area (Å²) in [5.74, 6) is 3.78. The fourth-order valence-electron chi connectivity index (χ4n) is 7.83. The van der Waals surface area contributed by atoms with Crippen molar-refractivity contribution in [1.29, 1.82) is 0 Å². The Morgan fingerprint density at radius 3 is 2.00 bits per heavy atom. The van der Waals surface area contributed by atoms with Gasteiger partial charge in [-0.2, -0.15) is 0 Å². The van der Waals surface area contributed by atoms with E-state index in [1.54, 1.807) is 27.8 Å². The Kier molecular flexibility index (Phi) is 2.88. The zero-order chi connectivity index (χ0) is 17.7. The number of hydrogen-bond donors (Lipinski definition) is 0. The molecule has 0 amide bonds. The lowest BCUT2D eigenvalue weighted by molar-refractivity contribution is -0.0399. The maximum absolute atomic E-state index is 2.51. The minimum absolute atomic E-state index is 0.190. The van der Waals surface area contributed by atoms with Gasteiger partial charge in [0.05, 0.1) is 0 Å². The van der Waals surface area contributed by atoms with Crippen molar-refractivity contribution in [3.63, 3.8) is 0 Å². The van der Waals surface area contributed by atoms with Crippen LogP contribution in [0.5, 0.6) is 0 Å². The van der Waals surface area contributed by atoms with E-state index in [0.29, 0.717) is 5.41 Å². The summed E-state index contributed by atoms with van der Waals surface area (Å²) in [6.07, 6.45) is 7.42. The molecule has 0 radical (unpaired) electrons. The van der Waals surface area contributed by atoms with E-state index in [2.05, 4.69) is 63.2 Å². The predicted molar refractivity (Wildman–Crippen MR) is 108 cm³/mol. The third kappa shape index (κ3) is 1.72. The molecule has 2 aromatic carbocycles. The normalized spacial score (nSPS) is 36.4. The molecule has 0 atom stereocenters. The van der Waals surface area contributed by atoms with E-state index in [0.717, 1.165) is 23.7 Å². The van der Waals surface area contributed by atoms with Gasteiger partial charge in [-0.25, -0.2) is 0 Å². The maximum atomic E-state index is 2.51. The summed E-state index contributed by atoms with van der Waals surface area (Å²) in [6, 6.07) is 16.7. The van der Waals surface area contributed by atoms with Crippen LogP contribution in [0.2, 0.25) is 0 Å². The summed E-state index contributed by atoms with van der Waals surface area (Å²) in [5, 5.41) is 0. The highest BCUT2D eigenvalue weighted by Gasteiger charge is 2.61. The van der Waals surface area contributed by atoms with Gasteiger partial charge in [-0.15, -0.1) is 0 Å². The smallest absolute Gasteiger partial charge is 0.0272 e. The Balaban J connectivity index is 1.69. The highest BCUT2D eigenvalue weighted by molar-refractivity contribution is 5.85. The van der Waals surface area contributed by atoms with Gasteiger partial charge in [0.2, 0.25) is 0 Å². The largest absolute Gasteiger partial charge is 0.0619 e. The van der Waals surface area contributed by atoms with Crippen LogP contribution in [0.15, 0.2) is 42.5 Å². The molecule has 0 unspecified atom stereocenters. The fraction of sp³-hybridized carbons (Fsp3) is 0.538. The predicted octanol–water partition coefficient (Wildman–Crippen LogP) is 6.71. The number of rotatable bonds is 0. The lowest BCUT2D eigenvalue weighted by Gasteiger charge is -2.61. The first-order valence-corrected chi connectivity index (χ1v) is 10.7. The first kappa shape index (κ1) is 15.5. The Bertz CT molecular complexity index is 866. The topological polar surface area (TPSA) is 0 Å². The standard InChI is InChI=1S/C26H30/c1-25(2,3)22-9-6-10-23-24(22)20-7-4-5-8-21(20)26(23)18-12-16-11-17(14-18)15-19(26)13-16/h4-10,16-19H,11-15H2,1-3H3. The molecule has 134 valence electrons. The van der Waals surface area contributed by atoms with E-state index in [4.69, 9.17) is 0 Å². The number of benzene rings is 2. The van der Waals surface area contributed by atoms with Gasteiger partial charge in [-0.1, -0.05) is 63.2 Å². The molecule has 0 heteroatoms. The molecule has 5 aliphatic rings. The van der Waals surface area contributed by atoms with Crippen LogP contribution in [0, 0.1) is 23.7 Å². The fourth-order valence-corrected chi connectivity index (χ4v) is 7.83. The second-order valence-electron chi connectivity index (χ2n) is 10.7. The van der Waals surface area contributed by atoms with Gasteiger partial charge >= 0.3 is 0 Å². The van der Waals surface area contributed by atoms with Crippen LogP contribution in [0.4, 0.5) is 0 Å². The average molecular weight is 343 g/mol. The zero-order valence-electron chi connectivity index (χ0n) is 16.4. The molecule has 5 aliphatic carbocycles. The lowest BCUT2D eigenvalue weighted by Crippen LogP contribution is -2.55. The molecule has 0 nitrogen and oxygen atoms in total. The Morgan fingerprint density at radius 1 is 0.731 bits per heavy atom. The minimum atomic E-state index is 0.190. The van der Waals surface area contributed by atoms with Gasteiger partial charge in [0, 0.05) is 5.41 Å². The van der Waals surface area contributed by atoms with Gasteiger partial charge in [0.25, 0.3) is 0 Å². The molecule has 0 heterocycles.